The number of ether oxygens (including phenoxy) is 3. The number of hydrogen-bond donors (Lipinski definition) is 1. The molecular weight excluding hydrogens is 186 g/mol. The second kappa shape index (κ2) is 5.95. The summed E-state index contributed by atoms with van der Waals surface area (Å²) < 4.78 is 15.2. The van der Waals surface area contributed by atoms with Crippen LogP contribution in [0, 0.1) is 0 Å². The zero-order valence-corrected chi connectivity index (χ0v) is 8.62. The minimum absolute atomic E-state index is 0.224. The molecule has 2 atom stereocenters. The van der Waals surface area contributed by atoms with Crippen LogP contribution in [0.3, 0.4) is 0 Å². The average molecular weight is 203 g/mol. The molecule has 0 spiro atoms. The van der Waals surface area contributed by atoms with E-state index in [2.05, 4.69) is 5.32 Å². The van der Waals surface area contributed by atoms with Crippen molar-refractivity contribution in [2.45, 2.75) is 19.1 Å². The maximum absolute atomic E-state index is 11.4. The van der Waals surface area contributed by atoms with Crippen LogP contribution in [0.2, 0.25) is 0 Å². The third-order valence-electron chi connectivity index (χ3n) is 1.91. The van der Waals surface area contributed by atoms with Gasteiger partial charge < -0.3 is 19.5 Å². The fraction of sp³-hybridized carbons (Fsp3) is 0.889. The van der Waals surface area contributed by atoms with Crippen LogP contribution >= 0.6 is 0 Å². The van der Waals surface area contributed by atoms with E-state index < -0.39 is 6.10 Å². The Hall–Kier alpha value is -0.650. The standard InChI is InChI=1S/C9H17NO4/c1-7(6-12-2)14-9(11)8-5-10-3-4-13-8/h7-8,10H,3-6H2,1-2H3. The Morgan fingerprint density at radius 2 is 2.50 bits per heavy atom. The zero-order valence-electron chi connectivity index (χ0n) is 8.62. The highest BCUT2D eigenvalue weighted by Crippen LogP contribution is 2.02. The van der Waals surface area contributed by atoms with Crippen molar-refractivity contribution in [3.63, 3.8) is 0 Å². The van der Waals surface area contributed by atoms with E-state index in [0.29, 0.717) is 19.8 Å². The van der Waals surface area contributed by atoms with Crippen LogP contribution in [0.25, 0.3) is 0 Å². The summed E-state index contributed by atoms with van der Waals surface area (Å²) in [5.41, 5.74) is 0. The van der Waals surface area contributed by atoms with Crippen molar-refractivity contribution in [1.29, 1.82) is 0 Å². The fourth-order valence-electron chi connectivity index (χ4n) is 1.26. The Morgan fingerprint density at radius 1 is 1.71 bits per heavy atom. The molecule has 1 aliphatic heterocycles. The number of morpholine rings is 1. The molecule has 0 saturated carbocycles. The third kappa shape index (κ3) is 3.61. The molecule has 0 aliphatic carbocycles. The first-order chi connectivity index (χ1) is 6.74. The molecule has 82 valence electrons. The summed E-state index contributed by atoms with van der Waals surface area (Å²) in [6.07, 6.45) is -0.693. The van der Waals surface area contributed by atoms with Crippen molar-refractivity contribution in [3.05, 3.63) is 0 Å². The topological polar surface area (TPSA) is 56.8 Å². The van der Waals surface area contributed by atoms with E-state index in [-0.39, 0.29) is 12.1 Å². The first-order valence-corrected chi connectivity index (χ1v) is 4.75. The molecule has 1 N–H and O–H groups in total. The van der Waals surface area contributed by atoms with Gasteiger partial charge in [0.05, 0.1) is 13.2 Å². The van der Waals surface area contributed by atoms with Gasteiger partial charge in [-0.15, -0.1) is 0 Å². The van der Waals surface area contributed by atoms with Crippen LogP contribution in [0.1, 0.15) is 6.92 Å². The summed E-state index contributed by atoms with van der Waals surface area (Å²) in [4.78, 5) is 11.4. The molecule has 1 saturated heterocycles. The fourth-order valence-corrected chi connectivity index (χ4v) is 1.26. The number of rotatable bonds is 4. The second-order valence-corrected chi connectivity index (χ2v) is 3.27. The molecule has 1 aliphatic rings. The minimum Gasteiger partial charge on any atom is -0.458 e. The van der Waals surface area contributed by atoms with Crippen molar-refractivity contribution < 1.29 is 19.0 Å². The lowest BCUT2D eigenvalue weighted by atomic mass is 10.3. The highest BCUT2D eigenvalue weighted by atomic mass is 16.6. The van der Waals surface area contributed by atoms with Crippen molar-refractivity contribution >= 4 is 5.97 Å². The number of nitrogens with one attached hydrogen (secondary N) is 1. The van der Waals surface area contributed by atoms with Gasteiger partial charge in [0.15, 0.2) is 6.10 Å². The Bertz CT molecular complexity index is 180. The molecule has 0 amide bonds. The number of methoxy groups -OCH3 is 1. The van der Waals surface area contributed by atoms with E-state index in [9.17, 15) is 4.79 Å². The molecule has 0 bridgehead atoms. The Morgan fingerprint density at radius 3 is 3.07 bits per heavy atom. The van der Waals surface area contributed by atoms with E-state index in [1.165, 1.54) is 0 Å². The first kappa shape index (κ1) is 11.4. The van der Waals surface area contributed by atoms with Crippen LogP contribution in [-0.2, 0) is 19.0 Å². The number of carbonyl (C=O) groups excluding carboxylic acids is 1. The molecule has 14 heavy (non-hydrogen) atoms. The molecular formula is C9H17NO4. The summed E-state index contributed by atoms with van der Waals surface area (Å²) in [6, 6.07) is 0. The van der Waals surface area contributed by atoms with Crippen LogP contribution < -0.4 is 5.32 Å². The van der Waals surface area contributed by atoms with Crippen LogP contribution in [0.15, 0.2) is 0 Å². The monoisotopic (exact) mass is 203 g/mol. The van der Waals surface area contributed by atoms with E-state index in [4.69, 9.17) is 14.2 Å². The van der Waals surface area contributed by atoms with Crippen LogP contribution in [0.4, 0.5) is 0 Å². The van der Waals surface area contributed by atoms with Gasteiger partial charge in [-0.3, -0.25) is 0 Å². The molecule has 5 heteroatoms. The van der Waals surface area contributed by atoms with E-state index in [1.807, 2.05) is 0 Å². The van der Waals surface area contributed by atoms with E-state index in [1.54, 1.807) is 14.0 Å². The van der Waals surface area contributed by atoms with Gasteiger partial charge in [-0.05, 0) is 6.92 Å². The molecule has 0 aromatic heterocycles. The summed E-state index contributed by atoms with van der Waals surface area (Å²) >= 11 is 0. The largest absolute Gasteiger partial charge is 0.458 e. The summed E-state index contributed by atoms with van der Waals surface area (Å²) in [7, 11) is 1.57. The molecule has 5 nitrogen and oxygen atoms in total. The number of carbonyl (C=O) groups is 1. The van der Waals surface area contributed by atoms with Gasteiger partial charge in [0.25, 0.3) is 0 Å². The Labute approximate surface area is 83.7 Å². The van der Waals surface area contributed by atoms with Crippen molar-refractivity contribution in [1.82, 2.24) is 5.32 Å². The van der Waals surface area contributed by atoms with Gasteiger partial charge in [-0.1, -0.05) is 0 Å². The van der Waals surface area contributed by atoms with Crippen molar-refractivity contribution in [3.8, 4) is 0 Å². The first-order valence-electron chi connectivity index (χ1n) is 4.75. The normalized spacial score (nSPS) is 24.3. The van der Waals surface area contributed by atoms with E-state index in [0.717, 1.165) is 6.54 Å². The lowest BCUT2D eigenvalue weighted by Gasteiger charge is -2.23. The molecule has 2 unspecified atom stereocenters. The maximum Gasteiger partial charge on any atom is 0.336 e. The average Bonchev–Trinajstić information content (AvgIpc) is 2.19. The highest BCUT2D eigenvalue weighted by Gasteiger charge is 2.24. The Balaban J connectivity index is 2.25. The molecule has 1 fully saturated rings. The predicted molar refractivity (Wildman–Crippen MR) is 50.0 cm³/mol. The number of hydrogen-bond acceptors (Lipinski definition) is 5. The van der Waals surface area contributed by atoms with Gasteiger partial charge in [-0.2, -0.15) is 0 Å². The van der Waals surface area contributed by atoms with Crippen molar-refractivity contribution in [2.24, 2.45) is 0 Å². The maximum atomic E-state index is 11.4. The Kier molecular flexibility index (Phi) is 4.86. The van der Waals surface area contributed by atoms with Gasteiger partial charge >= 0.3 is 5.97 Å². The molecule has 0 radical (unpaired) electrons. The second-order valence-electron chi connectivity index (χ2n) is 3.27. The lowest BCUT2D eigenvalue weighted by molar-refractivity contribution is -0.165. The van der Waals surface area contributed by atoms with Gasteiger partial charge in [0.1, 0.15) is 6.10 Å². The molecule has 0 aromatic carbocycles. The van der Waals surface area contributed by atoms with E-state index >= 15 is 0 Å². The SMILES string of the molecule is COCC(C)OC(=O)C1CNCCO1. The number of esters is 1. The van der Waals surface area contributed by atoms with Gasteiger partial charge in [0.2, 0.25) is 0 Å². The smallest absolute Gasteiger partial charge is 0.336 e. The van der Waals surface area contributed by atoms with Gasteiger partial charge in [0, 0.05) is 20.2 Å². The molecule has 0 aromatic rings. The molecule has 1 rings (SSSR count). The quantitative estimate of drug-likeness (QED) is 0.627. The minimum atomic E-state index is -0.469. The summed E-state index contributed by atoms with van der Waals surface area (Å²) in [5, 5.41) is 3.06. The van der Waals surface area contributed by atoms with Crippen molar-refractivity contribution in [2.75, 3.05) is 33.4 Å². The lowest BCUT2D eigenvalue weighted by Crippen LogP contribution is -2.44. The highest BCUT2D eigenvalue weighted by molar-refractivity contribution is 5.75. The summed E-state index contributed by atoms with van der Waals surface area (Å²) in [6.45, 7) is 4.07. The zero-order chi connectivity index (χ0) is 10.4. The third-order valence-corrected chi connectivity index (χ3v) is 1.91. The van der Waals surface area contributed by atoms with Gasteiger partial charge in [-0.25, -0.2) is 4.79 Å². The van der Waals surface area contributed by atoms with Crippen LogP contribution in [0.5, 0.6) is 0 Å². The predicted octanol–water partition coefficient (Wildman–Crippen LogP) is -0.447. The summed E-state index contributed by atoms with van der Waals surface area (Å²) in [5.74, 6) is -0.318. The molecule has 1 heterocycles. The van der Waals surface area contributed by atoms with Crippen LogP contribution in [-0.4, -0.2) is 51.6 Å².